The lowest BCUT2D eigenvalue weighted by Gasteiger charge is -2.29. The molecule has 4 heteroatoms. The van der Waals surface area contributed by atoms with Crippen molar-refractivity contribution >= 4 is 9.84 Å². The van der Waals surface area contributed by atoms with Crippen LogP contribution in [0.15, 0.2) is 11.6 Å². The van der Waals surface area contributed by atoms with Crippen molar-refractivity contribution in [2.24, 2.45) is 11.8 Å². The zero-order chi connectivity index (χ0) is 13.2. The first-order valence-electron chi connectivity index (χ1n) is 7.06. The predicted octanol–water partition coefficient (Wildman–Crippen LogP) is 2.15. The van der Waals surface area contributed by atoms with Gasteiger partial charge in [0.05, 0.1) is 11.5 Å². The smallest absolute Gasteiger partial charge is 0.150 e. The first-order chi connectivity index (χ1) is 8.44. The van der Waals surface area contributed by atoms with Crippen molar-refractivity contribution in [3.63, 3.8) is 0 Å². The van der Waals surface area contributed by atoms with Crippen molar-refractivity contribution in [1.82, 2.24) is 5.32 Å². The molecule has 3 nitrogen and oxygen atoms in total. The molecular formula is C14H25NO2S. The number of hydrogen-bond acceptors (Lipinski definition) is 3. The molecular weight excluding hydrogens is 246 g/mol. The summed E-state index contributed by atoms with van der Waals surface area (Å²) in [5.41, 5.74) is 1.51. The van der Waals surface area contributed by atoms with Gasteiger partial charge in [0, 0.05) is 6.04 Å². The second-order valence-electron chi connectivity index (χ2n) is 6.13. The zero-order valence-corrected chi connectivity index (χ0v) is 12.3. The molecule has 0 spiro atoms. The molecule has 1 saturated heterocycles. The first kappa shape index (κ1) is 14.1. The van der Waals surface area contributed by atoms with Gasteiger partial charge in [-0.2, -0.15) is 0 Å². The fourth-order valence-corrected chi connectivity index (χ4v) is 4.76. The standard InChI is InChI=1S/C14H25NO2S/c1-11-7-12(2)9-13(8-11)10-15-14-3-5-18(16,17)6-4-14/h7,11,13-15H,3-6,8-10H2,1-2H3. The molecule has 2 aliphatic rings. The lowest BCUT2D eigenvalue weighted by atomic mass is 9.83. The molecule has 0 bridgehead atoms. The SMILES string of the molecule is CC1=CC(C)CC(CNC2CCS(=O)(=O)CC2)C1. The summed E-state index contributed by atoms with van der Waals surface area (Å²) in [5.74, 6) is 2.15. The van der Waals surface area contributed by atoms with Gasteiger partial charge in [-0.05, 0) is 51.0 Å². The Balaban J connectivity index is 1.74. The highest BCUT2D eigenvalue weighted by Gasteiger charge is 2.24. The van der Waals surface area contributed by atoms with E-state index in [0.29, 0.717) is 23.5 Å². The van der Waals surface area contributed by atoms with Crippen molar-refractivity contribution in [2.75, 3.05) is 18.1 Å². The Labute approximate surface area is 111 Å². The van der Waals surface area contributed by atoms with Gasteiger partial charge in [-0.1, -0.05) is 18.6 Å². The number of rotatable bonds is 3. The summed E-state index contributed by atoms with van der Waals surface area (Å²) in [6.45, 7) is 5.54. The van der Waals surface area contributed by atoms with Crippen LogP contribution >= 0.6 is 0 Å². The molecule has 0 aromatic carbocycles. The minimum absolute atomic E-state index is 0.366. The van der Waals surface area contributed by atoms with E-state index in [1.165, 1.54) is 18.4 Å². The number of hydrogen-bond donors (Lipinski definition) is 1. The van der Waals surface area contributed by atoms with Crippen LogP contribution in [0.1, 0.15) is 39.5 Å². The van der Waals surface area contributed by atoms with E-state index in [-0.39, 0.29) is 0 Å². The Hall–Kier alpha value is -0.350. The Morgan fingerprint density at radius 2 is 2.00 bits per heavy atom. The van der Waals surface area contributed by atoms with Crippen molar-refractivity contribution in [3.05, 3.63) is 11.6 Å². The quantitative estimate of drug-likeness (QED) is 0.800. The van der Waals surface area contributed by atoms with Crippen LogP contribution in [0, 0.1) is 11.8 Å². The summed E-state index contributed by atoms with van der Waals surface area (Å²) in [6, 6.07) is 0.412. The molecule has 2 unspecified atom stereocenters. The van der Waals surface area contributed by atoms with Gasteiger partial charge < -0.3 is 5.32 Å². The third-order valence-corrected chi connectivity index (χ3v) is 5.85. The highest BCUT2D eigenvalue weighted by atomic mass is 32.2. The monoisotopic (exact) mass is 271 g/mol. The van der Waals surface area contributed by atoms with Gasteiger partial charge in [-0.3, -0.25) is 0 Å². The van der Waals surface area contributed by atoms with E-state index in [1.54, 1.807) is 0 Å². The van der Waals surface area contributed by atoms with Crippen LogP contribution in [-0.2, 0) is 9.84 Å². The maximum absolute atomic E-state index is 11.4. The van der Waals surface area contributed by atoms with Crippen LogP contribution in [0.3, 0.4) is 0 Å². The van der Waals surface area contributed by atoms with E-state index in [0.717, 1.165) is 25.3 Å². The summed E-state index contributed by atoms with van der Waals surface area (Å²) >= 11 is 0. The summed E-state index contributed by atoms with van der Waals surface area (Å²) in [6.07, 6.45) is 6.42. The van der Waals surface area contributed by atoms with E-state index in [9.17, 15) is 8.42 Å². The van der Waals surface area contributed by atoms with E-state index in [4.69, 9.17) is 0 Å². The fourth-order valence-electron chi connectivity index (χ4n) is 3.27. The maximum Gasteiger partial charge on any atom is 0.150 e. The highest BCUT2D eigenvalue weighted by molar-refractivity contribution is 7.91. The van der Waals surface area contributed by atoms with Gasteiger partial charge in [0.1, 0.15) is 9.84 Å². The van der Waals surface area contributed by atoms with E-state index < -0.39 is 9.84 Å². The van der Waals surface area contributed by atoms with Crippen molar-refractivity contribution in [2.45, 2.75) is 45.6 Å². The van der Waals surface area contributed by atoms with E-state index >= 15 is 0 Å². The molecule has 1 aliphatic carbocycles. The van der Waals surface area contributed by atoms with E-state index in [2.05, 4.69) is 25.2 Å². The molecule has 2 atom stereocenters. The average Bonchev–Trinajstić information content (AvgIpc) is 2.26. The molecule has 0 aromatic rings. The second-order valence-corrected chi connectivity index (χ2v) is 8.43. The molecule has 104 valence electrons. The average molecular weight is 271 g/mol. The number of allylic oxidation sites excluding steroid dienone is 2. The molecule has 1 N–H and O–H groups in total. The summed E-state index contributed by atoms with van der Waals surface area (Å²) in [4.78, 5) is 0. The van der Waals surface area contributed by atoms with Crippen molar-refractivity contribution in [1.29, 1.82) is 0 Å². The second kappa shape index (κ2) is 5.74. The Morgan fingerprint density at radius 3 is 2.61 bits per heavy atom. The highest BCUT2D eigenvalue weighted by Crippen LogP contribution is 2.27. The van der Waals surface area contributed by atoms with Gasteiger partial charge >= 0.3 is 0 Å². The maximum atomic E-state index is 11.4. The number of nitrogens with one attached hydrogen (secondary N) is 1. The molecule has 0 amide bonds. The molecule has 0 saturated carbocycles. The third-order valence-electron chi connectivity index (χ3n) is 4.13. The zero-order valence-electron chi connectivity index (χ0n) is 11.5. The first-order valence-corrected chi connectivity index (χ1v) is 8.88. The lowest BCUT2D eigenvalue weighted by Crippen LogP contribution is -2.40. The molecule has 0 radical (unpaired) electrons. The van der Waals surface area contributed by atoms with Crippen LogP contribution < -0.4 is 5.32 Å². The van der Waals surface area contributed by atoms with Gasteiger partial charge in [-0.15, -0.1) is 0 Å². The van der Waals surface area contributed by atoms with Gasteiger partial charge in [0.2, 0.25) is 0 Å². The van der Waals surface area contributed by atoms with Crippen LogP contribution in [0.4, 0.5) is 0 Å². The Morgan fingerprint density at radius 1 is 1.33 bits per heavy atom. The van der Waals surface area contributed by atoms with Crippen LogP contribution in [0.5, 0.6) is 0 Å². The minimum Gasteiger partial charge on any atom is -0.314 e. The van der Waals surface area contributed by atoms with Crippen molar-refractivity contribution < 1.29 is 8.42 Å². The Kier molecular flexibility index (Phi) is 4.49. The molecule has 2 rings (SSSR count). The molecule has 1 fully saturated rings. The summed E-state index contributed by atoms with van der Waals surface area (Å²) in [7, 11) is -2.73. The van der Waals surface area contributed by atoms with Crippen LogP contribution in [0.2, 0.25) is 0 Å². The third kappa shape index (κ3) is 4.09. The van der Waals surface area contributed by atoms with Gasteiger partial charge in [0.25, 0.3) is 0 Å². The predicted molar refractivity (Wildman–Crippen MR) is 75.3 cm³/mol. The van der Waals surface area contributed by atoms with Gasteiger partial charge in [-0.25, -0.2) is 8.42 Å². The molecule has 1 heterocycles. The largest absolute Gasteiger partial charge is 0.314 e. The topological polar surface area (TPSA) is 46.2 Å². The Bertz CT molecular complexity index is 400. The fraction of sp³-hybridized carbons (Fsp3) is 0.857. The van der Waals surface area contributed by atoms with Crippen molar-refractivity contribution in [3.8, 4) is 0 Å². The van der Waals surface area contributed by atoms with E-state index in [1.807, 2.05) is 0 Å². The normalized spacial score (nSPS) is 33.1. The summed E-state index contributed by atoms with van der Waals surface area (Å²) < 4.78 is 22.7. The summed E-state index contributed by atoms with van der Waals surface area (Å²) in [5, 5.41) is 3.58. The van der Waals surface area contributed by atoms with Crippen LogP contribution in [0.25, 0.3) is 0 Å². The lowest BCUT2D eigenvalue weighted by molar-refractivity contribution is 0.350. The minimum atomic E-state index is -2.73. The van der Waals surface area contributed by atoms with Gasteiger partial charge in [0.15, 0.2) is 0 Å². The number of sulfone groups is 1. The molecule has 18 heavy (non-hydrogen) atoms. The molecule has 0 aromatic heterocycles. The molecule has 1 aliphatic heterocycles. The van der Waals surface area contributed by atoms with Crippen LogP contribution in [-0.4, -0.2) is 32.5 Å².